The van der Waals surface area contributed by atoms with Crippen molar-refractivity contribution in [2.45, 2.75) is 91.5 Å². The summed E-state index contributed by atoms with van der Waals surface area (Å²) in [4.78, 5) is 40.6. The predicted molar refractivity (Wildman–Crippen MR) is 135 cm³/mol. The molecule has 0 aliphatic carbocycles. The smallest absolute Gasteiger partial charge is 0.408 e. The van der Waals surface area contributed by atoms with Crippen molar-refractivity contribution in [2.75, 3.05) is 12.3 Å². The maximum Gasteiger partial charge on any atom is 0.408 e. The van der Waals surface area contributed by atoms with Crippen LogP contribution in [-0.4, -0.2) is 52.8 Å². The summed E-state index contributed by atoms with van der Waals surface area (Å²) in [5, 5.41) is 5.64. The van der Waals surface area contributed by atoms with Crippen molar-refractivity contribution in [1.29, 1.82) is 0 Å². The van der Waals surface area contributed by atoms with E-state index in [-0.39, 0.29) is 30.2 Å². The summed E-state index contributed by atoms with van der Waals surface area (Å²) in [5.41, 5.74) is 1.17. The SMILES string of the molecule is CCCC(C)NC(=O)C(c1ccc(CC)cc1)N(CC)C(=O)C(CS)NC(=O)OC(C)(C)C. The molecule has 8 heteroatoms. The summed E-state index contributed by atoms with van der Waals surface area (Å²) < 4.78 is 5.30. The Morgan fingerprint density at radius 3 is 2.12 bits per heavy atom. The van der Waals surface area contributed by atoms with Crippen molar-refractivity contribution < 1.29 is 19.1 Å². The maximum absolute atomic E-state index is 13.5. The van der Waals surface area contributed by atoms with Gasteiger partial charge < -0.3 is 20.3 Å². The van der Waals surface area contributed by atoms with Crippen LogP contribution in [0.2, 0.25) is 0 Å². The Hall–Kier alpha value is -2.22. The highest BCUT2D eigenvalue weighted by atomic mass is 32.1. The summed E-state index contributed by atoms with van der Waals surface area (Å²) >= 11 is 4.27. The van der Waals surface area contributed by atoms with Crippen LogP contribution in [-0.2, 0) is 20.7 Å². The third-order valence-electron chi connectivity index (χ3n) is 5.17. The van der Waals surface area contributed by atoms with Crippen LogP contribution < -0.4 is 10.6 Å². The number of hydrogen-bond acceptors (Lipinski definition) is 5. The van der Waals surface area contributed by atoms with E-state index < -0.39 is 23.8 Å². The minimum atomic E-state index is -0.929. The first-order valence-corrected chi connectivity index (χ1v) is 12.4. The van der Waals surface area contributed by atoms with Crippen LogP contribution in [0.5, 0.6) is 0 Å². The fourth-order valence-electron chi connectivity index (χ4n) is 3.54. The number of nitrogens with one attached hydrogen (secondary N) is 2. The number of carbonyl (C=O) groups is 3. The molecule has 186 valence electrons. The number of ether oxygens (including phenoxy) is 1. The molecule has 0 fully saturated rings. The molecule has 0 saturated carbocycles. The average molecular weight is 480 g/mol. The molecule has 0 heterocycles. The Kier molecular flexibility index (Phi) is 11.8. The molecule has 3 unspecified atom stereocenters. The minimum absolute atomic E-state index is 0.0192. The monoisotopic (exact) mass is 479 g/mol. The number of likely N-dealkylation sites (N-methyl/N-ethyl adjacent to an activating group) is 1. The lowest BCUT2D eigenvalue weighted by Crippen LogP contribution is -2.54. The Morgan fingerprint density at radius 2 is 1.67 bits per heavy atom. The van der Waals surface area contributed by atoms with Crippen molar-refractivity contribution in [3.8, 4) is 0 Å². The molecule has 0 aromatic heterocycles. The molecule has 1 rings (SSSR count). The van der Waals surface area contributed by atoms with E-state index in [1.807, 2.05) is 38.1 Å². The molecular formula is C25H41N3O4S. The number of aryl methyl sites for hydroxylation is 1. The molecule has 0 aliphatic rings. The van der Waals surface area contributed by atoms with Crippen LogP contribution in [0, 0.1) is 0 Å². The second-order valence-electron chi connectivity index (χ2n) is 9.20. The number of rotatable bonds is 11. The van der Waals surface area contributed by atoms with Gasteiger partial charge in [-0.05, 0) is 58.6 Å². The second kappa shape index (κ2) is 13.5. The van der Waals surface area contributed by atoms with Crippen LogP contribution in [0.15, 0.2) is 24.3 Å². The zero-order valence-corrected chi connectivity index (χ0v) is 22.0. The zero-order chi connectivity index (χ0) is 25.2. The molecule has 0 radical (unpaired) electrons. The Bertz CT molecular complexity index is 777. The van der Waals surface area contributed by atoms with E-state index in [0.29, 0.717) is 0 Å². The summed E-state index contributed by atoms with van der Waals surface area (Å²) in [6.45, 7) is 13.4. The highest BCUT2D eigenvalue weighted by molar-refractivity contribution is 7.80. The van der Waals surface area contributed by atoms with Gasteiger partial charge in [0.05, 0.1) is 0 Å². The number of hydrogen-bond donors (Lipinski definition) is 3. The largest absolute Gasteiger partial charge is 0.444 e. The lowest BCUT2D eigenvalue weighted by Gasteiger charge is -2.34. The Balaban J connectivity index is 3.25. The first-order valence-electron chi connectivity index (χ1n) is 11.8. The average Bonchev–Trinajstić information content (AvgIpc) is 2.74. The number of nitrogens with zero attached hydrogens (tertiary/aromatic N) is 1. The van der Waals surface area contributed by atoms with Crippen LogP contribution >= 0.6 is 12.6 Å². The van der Waals surface area contributed by atoms with Crippen molar-refractivity contribution in [3.05, 3.63) is 35.4 Å². The van der Waals surface area contributed by atoms with E-state index in [4.69, 9.17) is 4.74 Å². The van der Waals surface area contributed by atoms with Gasteiger partial charge in [0.25, 0.3) is 0 Å². The molecule has 1 aromatic carbocycles. The molecule has 0 saturated heterocycles. The lowest BCUT2D eigenvalue weighted by atomic mass is 10.00. The standard InChI is InChI=1S/C25H41N3O4S/c1-8-11-17(4)26-22(29)21(19-14-12-18(9-2)13-15-19)28(10-3)23(30)20(16-33)27-24(31)32-25(5,6)7/h12-15,17,20-21,33H,8-11,16H2,1-7H3,(H,26,29)(H,27,31). The van der Waals surface area contributed by atoms with E-state index in [9.17, 15) is 14.4 Å². The van der Waals surface area contributed by atoms with E-state index in [1.54, 1.807) is 20.8 Å². The quantitative estimate of drug-likeness (QED) is 0.414. The van der Waals surface area contributed by atoms with Gasteiger partial charge in [0, 0.05) is 18.3 Å². The maximum atomic E-state index is 13.5. The third-order valence-corrected chi connectivity index (χ3v) is 5.53. The number of thiol groups is 1. The van der Waals surface area contributed by atoms with E-state index in [2.05, 4.69) is 37.1 Å². The van der Waals surface area contributed by atoms with E-state index in [1.165, 1.54) is 4.90 Å². The van der Waals surface area contributed by atoms with Gasteiger partial charge in [-0.1, -0.05) is 44.5 Å². The van der Waals surface area contributed by atoms with Crippen LogP contribution in [0.25, 0.3) is 0 Å². The van der Waals surface area contributed by atoms with Crippen molar-refractivity contribution in [3.63, 3.8) is 0 Å². The molecule has 0 spiro atoms. The summed E-state index contributed by atoms with van der Waals surface area (Å²) in [6.07, 6.45) is 1.96. The predicted octanol–water partition coefficient (Wildman–Crippen LogP) is 4.27. The Morgan fingerprint density at radius 1 is 1.06 bits per heavy atom. The number of alkyl carbamates (subject to hydrolysis) is 1. The fourth-order valence-corrected chi connectivity index (χ4v) is 3.78. The van der Waals surface area contributed by atoms with Gasteiger partial charge in [-0.15, -0.1) is 0 Å². The van der Waals surface area contributed by atoms with Gasteiger partial charge in [-0.3, -0.25) is 9.59 Å². The molecule has 1 aromatic rings. The number of carbonyl (C=O) groups excluding carboxylic acids is 3. The summed E-state index contributed by atoms with van der Waals surface area (Å²) in [6, 6.07) is 5.95. The molecule has 3 amide bonds. The van der Waals surface area contributed by atoms with Crippen LogP contribution in [0.1, 0.15) is 78.5 Å². The molecular weight excluding hydrogens is 438 g/mol. The fraction of sp³-hybridized carbons (Fsp3) is 0.640. The van der Waals surface area contributed by atoms with Gasteiger partial charge in [-0.2, -0.15) is 12.6 Å². The Labute approximate surface area is 204 Å². The molecule has 7 nitrogen and oxygen atoms in total. The number of amides is 3. The first kappa shape index (κ1) is 28.8. The molecule has 3 atom stereocenters. The topological polar surface area (TPSA) is 87.7 Å². The van der Waals surface area contributed by atoms with E-state index >= 15 is 0 Å². The highest BCUT2D eigenvalue weighted by Gasteiger charge is 2.35. The van der Waals surface area contributed by atoms with Gasteiger partial charge in [0.1, 0.15) is 17.7 Å². The normalized spacial score (nSPS) is 14.1. The first-order chi connectivity index (χ1) is 15.5. The summed E-state index contributed by atoms with van der Waals surface area (Å²) in [7, 11) is 0. The third kappa shape index (κ3) is 9.27. The van der Waals surface area contributed by atoms with Gasteiger partial charge in [0.2, 0.25) is 11.8 Å². The molecule has 2 N–H and O–H groups in total. The highest BCUT2D eigenvalue weighted by Crippen LogP contribution is 2.24. The minimum Gasteiger partial charge on any atom is -0.444 e. The number of benzene rings is 1. The zero-order valence-electron chi connectivity index (χ0n) is 21.1. The van der Waals surface area contributed by atoms with Crippen molar-refractivity contribution in [1.82, 2.24) is 15.5 Å². The van der Waals surface area contributed by atoms with Crippen LogP contribution in [0.3, 0.4) is 0 Å². The lowest BCUT2D eigenvalue weighted by molar-refractivity contribution is -0.142. The molecule has 0 aliphatic heterocycles. The van der Waals surface area contributed by atoms with Crippen molar-refractivity contribution >= 4 is 30.5 Å². The van der Waals surface area contributed by atoms with Crippen LogP contribution in [0.4, 0.5) is 4.79 Å². The molecule has 0 bridgehead atoms. The van der Waals surface area contributed by atoms with Gasteiger partial charge in [0.15, 0.2) is 0 Å². The second-order valence-corrected chi connectivity index (χ2v) is 9.57. The molecule has 33 heavy (non-hydrogen) atoms. The van der Waals surface area contributed by atoms with Gasteiger partial charge >= 0.3 is 6.09 Å². The summed E-state index contributed by atoms with van der Waals surface area (Å²) in [5.74, 6) is -0.559. The van der Waals surface area contributed by atoms with Crippen molar-refractivity contribution in [2.24, 2.45) is 0 Å². The van der Waals surface area contributed by atoms with Gasteiger partial charge in [-0.25, -0.2) is 4.79 Å². The van der Waals surface area contributed by atoms with E-state index in [0.717, 1.165) is 30.4 Å².